The van der Waals surface area contributed by atoms with Crippen molar-refractivity contribution in [1.82, 2.24) is 5.32 Å². The molecule has 0 aromatic rings. The fraction of sp³-hybridized carbons (Fsp3) is 0.741. The van der Waals surface area contributed by atoms with Crippen molar-refractivity contribution in [3.63, 3.8) is 0 Å². The monoisotopic (exact) mass is 958 g/mol. The van der Waals surface area contributed by atoms with Gasteiger partial charge in [-0.25, -0.2) is 4.57 Å². The average molecular weight is 958 g/mol. The molecule has 0 aromatic heterocycles. The zero-order valence-electron chi connectivity index (χ0n) is 44.1. The van der Waals surface area contributed by atoms with Gasteiger partial charge in [-0.3, -0.25) is 13.8 Å². The number of nitrogens with zero attached hydrogens (tertiary/aromatic N) is 1. The van der Waals surface area contributed by atoms with Crippen molar-refractivity contribution in [3.05, 3.63) is 85.1 Å². The maximum Gasteiger partial charge on any atom is 0.472 e. The summed E-state index contributed by atoms with van der Waals surface area (Å²) in [5, 5.41) is 13.9. The summed E-state index contributed by atoms with van der Waals surface area (Å²) >= 11 is 0. The minimum atomic E-state index is -4.36. The number of unbranched alkanes of at least 4 members (excludes halogenated alkanes) is 24. The third kappa shape index (κ3) is 51.4. The summed E-state index contributed by atoms with van der Waals surface area (Å²) < 4.78 is 23.7. The molecule has 9 heteroatoms. The number of aliphatic hydroxyl groups excluding tert-OH is 1. The number of allylic oxidation sites excluding steroid dienone is 13. The van der Waals surface area contributed by atoms with Gasteiger partial charge in [-0.15, -0.1) is 0 Å². The zero-order chi connectivity index (χ0) is 49.2. The number of phosphoric acid groups is 1. The Balaban J connectivity index is 4.32. The highest BCUT2D eigenvalue weighted by Gasteiger charge is 2.27. The second-order valence-corrected chi connectivity index (χ2v) is 21.0. The second kappa shape index (κ2) is 48.7. The van der Waals surface area contributed by atoms with E-state index >= 15 is 0 Å². The minimum absolute atomic E-state index is 0.0498. The van der Waals surface area contributed by atoms with E-state index in [9.17, 15) is 19.4 Å². The molecule has 0 aliphatic heterocycles. The molecule has 0 aliphatic carbocycles. The minimum Gasteiger partial charge on any atom is -0.387 e. The molecule has 3 atom stereocenters. The van der Waals surface area contributed by atoms with Crippen LogP contribution in [0.1, 0.15) is 226 Å². The van der Waals surface area contributed by atoms with Gasteiger partial charge in [0.1, 0.15) is 13.2 Å². The van der Waals surface area contributed by atoms with Crippen LogP contribution < -0.4 is 5.32 Å². The van der Waals surface area contributed by atoms with E-state index < -0.39 is 20.0 Å². The zero-order valence-corrected chi connectivity index (χ0v) is 45.0. The van der Waals surface area contributed by atoms with Crippen LogP contribution in [0.2, 0.25) is 0 Å². The molecule has 0 rings (SSSR count). The Labute approximate surface area is 414 Å². The van der Waals surface area contributed by atoms with E-state index in [1.165, 1.54) is 135 Å². The first-order chi connectivity index (χ1) is 32.5. The van der Waals surface area contributed by atoms with E-state index in [1.54, 1.807) is 6.08 Å². The Kier molecular flexibility index (Phi) is 47.0. The number of likely N-dealkylation sites (N-methyl/N-ethyl adjacent to an activating group) is 1. The average Bonchev–Trinajstić information content (AvgIpc) is 3.29. The molecule has 8 nitrogen and oxygen atoms in total. The van der Waals surface area contributed by atoms with Gasteiger partial charge in [0.2, 0.25) is 5.91 Å². The van der Waals surface area contributed by atoms with Gasteiger partial charge in [0.15, 0.2) is 0 Å². The standard InChI is InChI=1S/C58H105N2O6P/c1-6-8-10-12-14-16-18-20-22-24-26-28-29-30-31-32-34-36-38-40-42-44-46-48-50-52-58(62)59-56(55-66-67(63,64)65-54-53-60(3,4)5)57(61)51-49-47-45-43-41-39-37-35-33-27-25-23-21-19-17-15-13-11-9-7-2/h8,10,14,16,20,22,26,28,33,35,41,43,49,51,56-57,61H,6-7,9,11-13,15,17-19,21,23-25,27,29-32,34,36-40,42,44-48,50,52-55H2,1-5H3,(H-,59,62,63,64)/p+1/b10-8-,16-14-,22-20-,28-26-,35-33+,43-41+,51-49+. The van der Waals surface area contributed by atoms with Crippen molar-refractivity contribution in [2.75, 3.05) is 40.9 Å². The van der Waals surface area contributed by atoms with Crippen molar-refractivity contribution in [1.29, 1.82) is 0 Å². The van der Waals surface area contributed by atoms with Crippen LogP contribution in [0.25, 0.3) is 0 Å². The molecular weight excluding hydrogens is 852 g/mol. The highest BCUT2D eigenvalue weighted by molar-refractivity contribution is 7.47. The van der Waals surface area contributed by atoms with E-state index in [4.69, 9.17) is 9.05 Å². The van der Waals surface area contributed by atoms with Crippen LogP contribution in [-0.2, 0) is 18.4 Å². The molecule has 0 spiro atoms. The number of phosphoric ester groups is 1. The summed E-state index contributed by atoms with van der Waals surface area (Å²) in [6.45, 7) is 4.67. The Morgan fingerprint density at radius 2 is 0.910 bits per heavy atom. The predicted octanol–water partition coefficient (Wildman–Crippen LogP) is 16.5. The van der Waals surface area contributed by atoms with E-state index in [2.05, 4.69) is 92.1 Å². The number of carbonyl (C=O) groups excluding carboxylic acids is 1. The van der Waals surface area contributed by atoms with Gasteiger partial charge in [-0.05, 0) is 83.5 Å². The molecular formula is C58H106N2O6P+. The number of carbonyl (C=O) groups is 1. The number of quaternary nitrogens is 1. The van der Waals surface area contributed by atoms with Gasteiger partial charge >= 0.3 is 7.82 Å². The van der Waals surface area contributed by atoms with Crippen LogP contribution in [-0.4, -0.2) is 73.4 Å². The molecule has 1 amide bonds. The highest BCUT2D eigenvalue weighted by Crippen LogP contribution is 2.43. The first-order valence-corrected chi connectivity index (χ1v) is 29.0. The Morgan fingerprint density at radius 1 is 0.522 bits per heavy atom. The molecule has 0 saturated carbocycles. The molecule has 3 N–H and O–H groups in total. The number of nitrogens with one attached hydrogen (secondary N) is 1. The number of aliphatic hydroxyl groups is 1. The predicted molar refractivity (Wildman–Crippen MR) is 290 cm³/mol. The summed E-state index contributed by atoms with van der Waals surface area (Å²) in [6.07, 6.45) is 68.2. The number of amides is 1. The van der Waals surface area contributed by atoms with Gasteiger partial charge in [-0.1, -0.05) is 221 Å². The topological polar surface area (TPSA) is 105 Å². The van der Waals surface area contributed by atoms with E-state index in [-0.39, 0.29) is 19.1 Å². The third-order valence-electron chi connectivity index (χ3n) is 11.8. The van der Waals surface area contributed by atoms with Crippen LogP contribution in [0.5, 0.6) is 0 Å². The van der Waals surface area contributed by atoms with Crippen LogP contribution >= 0.6 is 7.82 Å². The molecule has 0 aliphatic rings. The van der Waals surface area contributed by atoms with E-state index in [0.29, 0.717) is 17.4 Å². The molecule has 67 heavy (non-hydrogen) atoms. The molecule has 0 radical (unpaired) electrons. The van der Waals surface area contributed by atoms with Gasteiger partial charge in [-0.2, -0.15) is 0 Å². The summed E-state index contributed by atoms with van der Waals surface area (Å²) in [5.41, 5.74) is 0. The van der Waals surface area contributed by atoms with Gasteiger partial charge < -0.3 is 19.8 Å². The SMILES string of the molecule is CC/C=C\C/C=C\C/C=C\C/C=C\CCCCCCCCCCCCCCC(=O)NC(COP(=O)(O)OCC[N+](C)(C)C)C(O)/C=C/CC/C=C/CC/C=C/CCCCCCCCCCCC. The summed E-state index contributed by atoms with van der Waals surface area (Å²) in [7, 11) is 1.54. The van der Waals surface area contributed by atoms with Crippen molar-refractivity contribution in [2.24, 2.45) is 0 Å². The Hall–Kier alpha value is -2.32. The van der Waals surface area contributed by atoms with E-state index in [1.807, 2.05) is 27.2 Å². The molecule has 3 unspecified atom stereocenters. The van der Waals surface area contributed by atoms with Crippen molar-refractivity contribution in [2.45, 2.75) is 238 Å². The first-order valence-electron chi connectivity index (χ1n) is 27.5. The van der Waals surface area contributed by atoms with Crippen molar-refractivity contribution >= 4 is 13.7 Å². The molecule has 388 valence electrons. The number of rotatable bonds is 49. The van der Waals surface area contributed by atoms with Crippen molar-refractivity contribution in [3.8, 4) is 0 Å². The maximum absolute atomic E-state index is 13.0. The maximum atomic E-state index is 13.0. The van der Waals surface area contributed by atoms with E-state index in [0.717, 1.165) is 70.6 Å². The van der Waals surface area contributed by atoms with Gasteiger partial charge in [0.05, 0.1) is 39.9 Å². The lowest BCUT2D eigenvalue weighted by Gasteiger charge is -2.25. The third-order valence-corrected chi connectivity index (χ3v) is 12.8. The van der Waals surface area contributed by atoms with Gasteiger partial charge in [0.25, 0.3) is 0 Å². The Morgan fingerprint density at radius 3 is 1.37 bits per heavy atom. The fourth-order valence-electron chi connectivity index (χ4n) is 7.54. The Bertz CT molecular complexity index is 1360. The molecule has 0 saturated heterocycles. The number of hydrogen-bond acceptors (Lipinski definition) is 5. The van der Waals surface area contributed by atoms with Crippen LogP contribution in [0, 0.1) is 0 Å². The molecule has 0 bridgehead atoms. The summed E-state index contributed by atoms with van der Waals surface area (Å²) in [5.74, 6) is -0.196. The smallest absolute Gasteiger partial charge is 0.387 e. The normalized spacial score (nSPS) is 14.7. The van der Waals surface area contributed by atoms with Crippen LogP contribution in [0.4, 0.5) is 0 Å². The molecule has 0 aromatic carbocycles. The van der Waals surface area contributed by atoms with Gasteiger partial charge in [0, 0.05) is 6.42 Å². The quantitative estimate of drug-likeness (QED) is 0.0243. The van der Waals surface area contributed by atoms with Crippen LogP contribution in [0.15, 0.2) is 85.1 Å². The van der Waals surface area contributed by atoms with Crippen LogP contribution in [0.3, 0.4) is 0 Å². The number of hydrogen-bond donors (Lipinski definition) is 3. The lowest BCUT2D eigenvalue weighted by Crippen LogP contribution is -2.45. The van der Waals surface area contributed by atoms with Crippen molar-refractivity contribution < 1.29 is 32.9 Å². The largest absolute Gasteiger partial charge is 0.472 e. The lowest BCUT2D eigenvalue weighted by molar-refractivity contribution is -0.870. The highest BCUT2D eigenvalue weighted by atomic mass is 31.2. The summed E-state index contributed by atoms with van der Waals surface area (Å²) in [6, 6.07) is -0.876. The molecule has 0 heterocycles. The lowest BCUT2D eigenvalue weighted by atomic mass is 10.0. The first kappa shape index (κ1) is 64.7. The second-order valence-electron chi connectivity index (χ2n) is 19.6. The molecule has 0 fully saturated rings. The summed E-state index contributed by atoms with van der Waals surface area (Å²) in [4.78, 5) is 23.3. The fourth-order valence-corrected chi connectivity index (χ4v) is 8.27.